The highest BCUT2D eigenvalue weighted by molar-refractivity contribution is 7.48. The van der Waals surface area contributed by atoms with Crippen molar-refractivity contribution in [1.29, 1.82) is 0 Å². The van der Waals surface area contributed by atoms with Crippen molar-refractivity contribution in [2.75, 3.05) is 13.2 Å². The summed E-state index contributed by atoms with van der Waals surface area (Å²) in [5.74, 6) is 0. The van der Waals surface area contributed by atoms with Crippen molar-refractivity contribution in [3.05, 3.63) is 35.9 Å². The van der Waals surface area contributed by atoms with Crippen molar-refractivity contribution < 1.29 is 18.1 Å². The minimum atomic E-state index is -3.35. The molecule has 0 amide bonds. The zero-order valence-electron chi connectivity index (χ0n) is 9.71. The van der Waals surface area contributed by atoms with Crippen molar-refractivity contribution in [3.63, 3.8) is 0 Å². The molecule has 17 heavy (non-hydrogen) atoms. The molecule has 1 fully saturated rings. The van der Waals surface area contributed by atoms with E-state index >= 15 is 0 Å². The summed E-state index contributed by atoms with van der Waals surface area (Å²) in [4.78, 5) is 0. The Morgan fingerprint density at radius 1 is 1.06 bits per heavy atom. The Balaban J connectivity index is 1.89. The average Bonchev–Trinajstić information content (AvgIpc) is 2.34. The summed E-state index contributed by atoms with van der Waals surface area (Å²) < 4.78 is 27.8. The molecule has 1 aromatic rings. The van der Waals surface area contributed by atoms with Gasteiger partial charge in [0, 0.05) is 0 Å². The number of hydrogen-bond acceptors (Lipinski definition) is 4. The summed E-state index contributed by atoms with van der Waals surface area (Å²) in [6.45, 7) is 1.12. The van der Waals surface area contributed by atoms with Gasteiger partial charge in [-0.1, -0.05) is 30.3 Å². The van der Waals surface area contributed by atoms with Gasteiger partial charge in [0.05, 0.1) is 19.8 Å². The van der Waals surface area contributed by atoms with Gasteiger partial charge in [-0.2, -0.15) is 0 Å². The van der Waals surface area contributed by atoms with E-state index in [1.165, 1.54) is 0 Å². The second-order valence-electron chi connectivity index (χ2n) is 3.93. The molecule has 0 spiro atoms. The van der Waals surface area contributed by atoms with Gasteiger partial charge in [-0.15, -0.1) is 0 Å². The number of phosphoric acid groups is 1. The highest BCUT2D eigenvalue weighted by Crippen LogP contribution is 2.51. The van der Waals surface area contributed by atoms with Crippen LogP contribution in [0.2, 0.25) is 0 Å². The molecule has 0 N–H and O–H groups in total. The molecule has 1 aliphatic heterocycles. The van der Waals surface area contributed by atoms with Gasteiger partial charge < -0.3 is 0 Å². The lowest BCUT2D eigenvalue weighted by atomic mass is 10.2. The van der Waals surface area contributed by atoms with Gasteiger partial charge in [0.25, 0.3) is 0 Å². The molecule has 5 heteroatoms. The van der Waals surface area contributed by atoms with E-state index in [4.69, 9.17) is 13.6 Å². The van der Waals surface area contributed by atoms with Crippen LogP contribution in [0.4, 0.5) is 0 Å². The Labute approximate surface area is 102 Å². The largest absolute Gasteiger partial charge is 0.475 e. The first-order valence-corrected chi connectivity index (χ1v) is 7.32. The summed E-state index contributed by atoms with van der Waals surface area (Å²) in [5, 5.41) is 0. The molecule has 0 saturated carbocycles. The predicted octanol–water partition coefficient (Wildman–Crippen LogP) is 3.53. The van der Waals surface area contributed by atoms with Gasteiger partial charge in [-0.3, -0.25) is 13.6 Å². The van der Waals surface area contributed by atoms with Crippen molar-refractivity contribution >= 4 is 7.82 Å². The summed E-state index contributed by atoms with van der Waals surface area (Å²) in [6, 6.07) is 9.57. The molecule has 1 aromatic carbocycles. The van der Waals surface area contributed by atoms with Crippen LogP contribution < -0.4 is 0 Å². The molecule has 0 atom stereocenters. The Morgan fingerprint density at radius 2 is 1.71 bits per heavy atom. The molecule has 0 radical (unpaired) electrons. The summed E-state index contributed by atoms with van der Waals surface area (Å²) in [6.07, 6.45) is 2.85. The minimum Gasteiger partial charge on any atom is -0.287 e. The third-order valence-electron chi connectivity index (χ3n) is 2.52. The second-order valence-corrected chi connectivity index (χ2v) is 5.60. The summed E-state index contributed by atoms with van der Waals surface area (Å²) in [5.41, 5.74) is 0.956. The normalized spacial score (nSPS) is 20.5. The first-order chi connectivity index (χ1) is 8.29. The standard InChI is InChI=1S/C12H17O4P/c13-17(14-9-5-2-6-10-15-17)16-11-12-7-3-1-4-8-12/h1,3-4,7-8H,2,5-6,9-11H2. The molecule has 0 aromatic heterocycles. The van der Waals surface area contributed by atoms with E-state index in [1.807, 2.05) is 30.3 Å². The van der Waals surface area contributed by atoms with Crippen LogP contribution in [0.5, 0.6) is 0 Å². The zero-order chi connectivity index (χ0) is 12.0. The van der Waals surface area contributed by atoms with Crippen LogP contribution in [0, 0.1) is 0 Å². The minimum absolute atomic E-state index is 0.248. The molecule has 0 bridgehead atoms. The first-order valence-electron chi connectivity index (χ1n) is 5.86. The lowest BCUT2D eigenvalue weighted by molar-refractivity contribution is 0.0945. The highest BCUT2D eigenvalue weighted by Gasteiger charge is 2.27. The molecule has 0 unspecified atom stereocenters. The maximum atomic E-state index is 12.1. The van der Waals surface area contributed by atoms with E-state index < -0.39 is 7.82 Å². The third kappa shape index (κ3) is 4.25. The molecule has 4 nitrogen and oxygen atoms in total. The molecule has 1 aliphatic rings. The maximum absolute atomic E-state index is 12.1. The fourth-order valence-electron chi connectivity index (χ4n) is 1.57. The summed E-state index contributed by atoms with van der Waals surface area (Å²) >= 11 is 0. The van der Waals surface area contributed by atoms with Crippen molar-refractivity contribution in [2.24, 2.45) is 0 Å². The van der Waals surface area contributed by atoms with Gasteiger partial charge >= 0.3 is 7.82 Å². The van der Waals surface area contributed by atoms with Crippen molar-refractivity contribution in [1.82, 2.24) is 0 Å². The first kappa shape index (κ1) is 12.8. The fourth-order valence-corrected chi connectivity index (χ4v) is 2.81. The third-order valence-corrected chi connectivity index (χ3v) is 3.96. The van der Waals surface area contributed by atoms with Crippen LogP contribution in [0.3, 0.4) is 0 Å². The van der Waals surface area contributed by atoms with E-state index in [-0.39, 0.29) is 6.61 Å². The van der Waals surface area contributed by atoms with Gasteiger partial charge in [0.15, 0.2) is 0 Å². The average molecular weight is 256 g/mol. The predicted molar refractivity (Wildman–Crippen MR) is 64.6 cm³/mol. The number of rotatable bonds is 3. The van der Waals surface area contributed by atoms with E-state index in [1.54, 1.807) is 0 Å². The quantitative estimate of drug-likeness (QED) is 0.776. The smallest absolute Gasteiger partial charge is 0.287 e. The van der Waals surface area contributed by atoms with Crippen LogP contribution in [0.15, 0.2) is 30.3 Å². The molecule has 1 saturated heterocycles. The molecule has 1 heterocycles. The lowest BCUT2D eigenvalue weighted by Gasteiger charge is -2.20. The number of benzene rings is 1. The Bertz CT molecular complexity index is 367. The molecular formula is C12H17O4P. The van der Waals surface area contributed by atoms with Crippen LogP contribution >= 0.6 is 7.82 Å². The lowest BCUT2D eigenvalue weighted by Crippen LogP contribution is -2.06. The monoisotopic (exact) mass is 256 g/mol. The van der Waals surface area contributed by atoms with Gasteiger partial charge in [0.1, 0.15) is 0 Å². The van der Waals surface area contributed by atoms with Crippen molar-refractivity contribution in [3.8, 4) is 0 Å². The van der Waals surface area contributed by atoms with E-state index in [2.05, 4.69) is 0 Å². The topological polar surface area (TPSA) is 44.8 Å². The van der Waals surface area contributed by atoms with E-state index in [0.717, 1.165) is 24.8 Å². The fraction of sp³-hybridized carbons (Fsp3) is 0.500. The Morgan fingerprint density at radius 3 is 2.35 bits per heavy atom. The SMILES string of the molecule is O=P1(OCc2ccccc2)OCCCCCO1. The highest BCUT2D eigenvalue weighted by atomic mass is 31.2. The van der Waals surface area contributed by atoms with E-state index in [9.17, 15) is 4.57 Å². The Hall–Kier alpha value is -0.670. The Kier molecular flexibility index (Phi) is 4.75. The van der Waals surface area contributed by atoms with Crippen LogP contribution in [-0.2, 0) is 24.7 Å². The van der Waals surface area contributed by atoms with Gasteiger partial charge in [-0.25, -0.2) is 4.57 Å². The molecule has 2 rings (SSSR count). The van der Waals surface area contributed by atoms with Crippen LogP contribution in [0.1, 0.15) is 24.8 Å². The van der Waals surface area contributed by atoms with Crippen LogP contribution in [-0.4, -0.2) is 13.2 Å². The number of hydrogen-bond donors (Lipinski definition) is 0. The zero-order valence-corrected chi connectivity index (χ0v) is 10.6. The van der Waals surface area contributed by atoms with Crippen molar-refractivity contribution in [2.45, 2.75) is 25.9 Å². The van der Waals surface area contributed by atoms with E-state index in [0.29, 0.717) is 13.2 Å². The molecule has 0 aliphatic carbocycles. The van der Waals surface area contributed by atoms with Gasteiger partial charge in [0.2, 0.25) is 0 Å². The maximum Gasteiger partial charge on any atom is 0.475 e. The molecule has 94 valence electrons. The van der Waals surface area contributed by atoms with Gasteiger partial charge in [-0.05, 0) is 24.8 Å². The summed E-state index contributed by atoms with van der Waals surface area (Å²) in [7, 11) is -3.35. The number of phosphoric ester groups is 1. The van der Waals surface area contributed by atoms with Crippen LogP contribution in [0.25, 0.3) is 0 Å². The molecular weight excluding hydrogens is 239 g/mol. The second kappa shape index (κ2) is 6.31.